The number of hydrogen-bond acceptors (Lipinski definition) is 4. The van der Waals surface area contributed by atoms with E-state index in [9.17, 15) is 4.79 Å². The Morgan fingerprint density at radius 3 is 2.88 bits per heavy atom. The lowest BCUT2D eigenvalue weighted by Gasteiger charge is -2.00. The number of amides is 1. The van der Waals surface area contributed by atoms with E-state index in [0.29, 0.717) is 11.6 Å². The second kappa shape index (κ2) is 7.75. The van der Waals surface area contributed by atoms with Gasteiger partial charge in [0.25, 0.3) is 0 Å². The van der Waals surface area contributed by atoms with Gasteiger partial charge >= 0.3 is 0 Å². The summed E-state index contributed by atoms with van der Waals surface area (Å²) in [7, 11) is 0. The number of rotatable bonds is 5. The lowest BCUT2D eigenvalue weighted by atomic mass is 10.2. The molecular weight excluding hydrogens is 360 g/mol. The van der Waals surface area contributed by atoms with E-state index in [1.807, 2.05) is 54.8 Å². The minimum atomic E-state index is -0.115. The van der Waals surface area contributed by atoms with E-state index >= 15 is 0 Å². The SMILES string of the molecule is Cc1nc(-c2ccccc2Cl)sc1CNC(=O)C=Cc1cccs1. The summed E-state index contributed by atoms with van der Waals surface area (Å²) < 4.78 is 0. The maximum Gasteiger partial charge on any atom is 0.244 e. The van der Waals surface area contributed by atoms with Gasteiger partial charge in [0.15, 0.2) is 0 Å². The molecule has 3 rings (SSSR count). The first-order valence-electron chi connectivity index (χ1n) is 7.34. The highest BCUT2D eigenvalue weighted by Gasteiger charge is 2.12. The zero-order valence-electron chi connectivity index (χ0n) is 13.0. The predicted molar refractivity (Wildman–Crippen MR) is 102 cm³/mol. The monoisotopic (exact) mass is 374 g/mol. The summed E-state index contributed by atoms with van der Waals surface area (Å²) in [5.41, 5.74) is 1.83. The van der Waals surface area contributed by atoms with Crippen LogP contribution in [0.2, 0.25) is 5.02 Å². The Bertz CT molecular complexity index is 869. The van der Waals surface area contributed by atoms with Gasteiger partial charge < -0.3 is 5.32 Å². The van der Waals surface area contributed by atoms with Crippen LogP contribution in [0.25, 0.3) is 16.6 Å². The van der Waals surface area contributed by atoms with Crippen LogP contribution in [0.3, 0.4) is 0 Å². The van der Waals surface area contributed by atoms with Crippen molar-refractivity contribution >= 4 is 46.3 Å². The topological polar surface area (TPSA) is 42.0 Å². The van der Waals surface area contributed by atoms with E-state index < -0.39 is 0 Å². The fraction of sp³-hybridized carbons (Fsp3) is 0.111. The molecule has 0 saturated carbocycles. The Kier molecular flexibility index (Phi) is 5.45. The van der Waals surface area contributed by atoms with Crippen molar-refractivity contribution in [3.05, 3.63) is 68.3 Å². The Hall–Kier alpha value is -1.95. The molecule has 0 radical (unpaired) electrons. The number of aromatic nitrogens is 1. The van der Waals surface area contributed by atoms with Crippen molar-refractivity contribution in [1.29, 1.82) is 0 Å². The lowest BCUT2D eigenvalue weighted by molar-refractivity contribution is -0.116. The van der Waals surface area contributed by atoms with Gasteiger partial charge in [-0.15, -0.1) is 22.7 Å². The van der Waals surface area contributed by atoms with Crippen molar-refractivity contribution in [1.82, 2.24) is 10.3 Å². The van der Waals surface area contributed by atoms with E-state index in [2.05, 4.69) is 10.3 Å². The standard InChI is InChI=1S/C18H15ClN2OS2/c1-12-16(11-20-17(22)9-8-13-5-4-10-23-13)24-18(21-12)14-6-2-3-7-15(14)19/h2-10H,11H2,1H3,(H,20,22). The van der Waals surface area contributed by atoms with Gasteiger partial charge in [0.1, 0.15) is 5.01 Å². The summed E-state index contributed by atoms with van der Waals surface area (Å²) in [6, 6.07) is 11.6. The normalized spacial score (nSPS) is 11.1. The van der Waals surface area contributed by atoms with E-state index in [-0.39, 0.29) is 5.91 Å². The lowest BCUT2D eigenvalue weighted by Crippen LogP contribution is -2.19. The predicted octanol–water partition coefficient (Wildman–Crippen LogP) is 5.16. The second-order valence-electron chi connectivity index (χ2n) is 5.07. The summed E-state index contributed by atoms with van der Waals surface area (Å²) in [5, 5.41) is 6.43. The fourth-order valence-corrected chi connectivity index (χ4v) is 4.05. The van der Waals surface area contributed by atoms with Gasteiger partial charge in [-0.3, -0.25) is 4.79 Å². The zero-order valence-corrected chi connectivity index (χ0v) is 15.3. The van der Waals surface area contributed by atoms with Gasteiger partial charge in [-0.05, 0) is 30.5 Å². The van der Waals surface area contributed by atoms with Crippen molar-refractivity contribution < 1.29 is 4.79 Å². The van der Waals surface area contributed by atoms with Gasteiger partial charge in [-0.25, -0.2) is 4.98 Å². The first-order valence-corrected chi connectivity index (χ1v) is 9.41. The van der Waals surface area contributed by atoms with E-state index in [0.717, 1.165) is 26.0 Å². The van der Waals surface area contributed by atoms with Gasteiger partial charge in [0.05, 0.1) is 17.3 Å². The number of carbonyl (C=O) groups excluding carboxylic acids is 1. The average Bonchev–Trinajstić information content (AvgIpc) is 3.21. The van der Waals surface area contributed by atoms with Crippen LogP contribution < -0.4 is 5.32 Å². The third kappa shape index (κ3) is 4.12. The third-order valence-electron chi connectivity index (χ3n) is 3.36. The third-order valence-corrected chi connectivity index (χ3v) is 5.72. The molecule has 1 amide bonds. The van der Waals surface area contributed by atoms with E-state index in [1.165, 1.54) is 0 Å². The van der Waals surface area contributed by atoms with Crippen LogP contribution in [0.4, 0.5) is 0 Å². The molecule has 0 aliphatic rings. The fourth-order valence-electron chi connectivity index (χ4n) is 2.11. The highest BCUT2D eigenvalue weighted by molar-refractivity contribution is 7.15. The van der Waals surface area contributed by atoms with Crippen molar-refractivity contribution in [2.24, 2.45) is 0 Å². The van der Waals surface area contributed by atoms with Crippen LogP contribution in [0.15, 0.2) is 47.9 Å². The minimum absolute atomic E-state index is 0.115. The number of carbonyl (C=O) groups is 1. The molecular formula is C18H15ClN2OS2. The number of nitrogens with one attached hydrogen (secondary N) is 1. The van der Waals surface area contributed by atoms with Gasteiger partial charge in [-0.1, -0.05) is 35.9 Å². The molecule has 6 heteroatoms. The molecule has 0 spiro atoms. The molecule has 24 heavy (non-hydrogen) atoms. The van der Waals surface area contributed by atoms with Crippen molar-refractivity contribution in [2.75, 3.05) is 0 Å². The van der Waals surface area contributed by atoms with Crippen LogP contribution in [-0.2, 0) is 11.3 Å². The molecule has 0 atom stereocenters. The first kappa shape index (κ1) is 16.9. The Morgan fingerprint density at radius 2 is 2.12 bits per heavy atom. The number of aryl methyl sites for hydroxylation is 1. The largest absolute Gasteiger partial charge is 0.348 e. The number of nitrogens with zero attached hydrogens (tertiary/aromatic N) is 1. The van der Waals surface area contributed by atoms with Crippen molar-refractivity contribution in [3.8, 4) is 10.6 Å². The molecule has 0 aliphatic carbocycles. The number of thiophene rings is 1. The molecule has 0 bridgehead atoms. The first-order chi connectivity index (χ1) is 11.6. The number of halogens is 1. The Labute approximate surface area is 153 Å². The van der Waals surface area contributed by atoms with Gasteiger partial charge in [-0.2, -0.15) is 0 Å². The number of hydrogen-bond donors (Lipinski definition) is 1. The molecule has 0 saturated heterocycles. The number of thiazole rings is 1. The van der Waals surface area contributed by atoms with Crippen LogP contribution in [-0.4, -0.2) is 10.9 Å². The smallest absolute Gasteiger partial charge is 0.244 e. The molecule has 0 aliphatic heterocycles. The molecule has 1 N–H and O–H groups in total. The average molecular weight is 375 g/mol. The van der Waals surface area contributed by atoms with Crippen molar-refractivity contribution in [2.45, 2.75) is 13.5 Å². The minimum Gasteiger partial charge on any atom is -0.348 e. The summed E-state index contributed by atoms with van der Waals surface area (Å²) in [4.78, 5) is 18.6. The number of benzene rings is 1. The van der Waals surface area contributed by atoms with E-state index in [1.54, 1.807) is 28.7 Å². The Balaban J connectivity index is 1.66. The molecule has 2 heterocycles. The summed E-state index contributed by atoms with van der Waals surface area (Å²) in [5.74, 6) is -0.115. The van der Waals surface area contributed by atoms with Crippen LogP contribution in [0.5, 0.6) is 0 Å². The molecule has 122 valence electrons. The van der Waals surface area contributed by atoms with Gasteiger partial charge in [0.2, 0.25) is 5.91 Å². The van der Waals surface area contributed by atoms with Crippen LogP contribution in [0, 0.1) is 6.92 Å². The highest BCUT2D eigenvalue weighted by atomic mass is 35.5. The molecule has 3 aromatic rings. The highest BCUT2D eigenvalue weighted by Crippen LogP contribution is 2.32. The molecule has 0 unspecified atom stereocenters. The summed E-state index contributed by atoms with van der Waals surface area (Å²) >= 11 is 9.38. The van der Waals surface area contributed by atoms with Crippen molar-refractivity contribution in [3.63, 3.8) is 0 Å². The van der Waals surface area contributed by atoms with E-state index in [4.69, 9.17) is 11.6 Å². The van der Waals surface area contributed by atoms with Crippen LogP contribution >= 0.6 is 34.3 Å². The van der Waals surface area contributed by atoms with Gasteiger partial charge in [0, 0.05) is 21.4 Å². The summed E-state index contributed by atoms with van der Waals surface area (Å²) in [6.45, 7) is 2.40. The quantitative estimate of drug-likeness (QED) is 0.626. The summed E-state index contributed by atoms with van der Waals surface area (Å²) in [6.07, 6.45) is 3.37. The van der Waals surface area contributed by atoms with Crippen LogP contribution in [0.1, 0.15) is 15.4 Å². The molecule has 2 aromatic heterocycles. The maximum atomic E-state index is 11.9. The second-order valence-corrected chi connectivity index (χ2v) is 7.54. The maximum absolute atomic E-state index is 11.9. The molecule has 3 nitrogen and oxygen atoms in total. The Morgan fingerprint density at radius 1 is 1.29 bits per heavy atom. The molecule has 1 aromatic carbocycles. The zero-order chi connectivity index (χ0) is 16.9. The molecule has 0 fully saturated rings.